The van der Waals surface area contributed by atoms with E-state index in [1.807, 2.05) is 54.6 Å². The highest BCUT2D eigenvalue weighted by atomic mass is 16.5. The van der Waals surface area contributed by atoms with Crippen molar-refractivity contribution in [3.05, 3.63) is 108 Å². The van der Waals surface area contributed by atoms with Gasteiger partial charge in [-0.3, -0.25) is 0 Å². The number of benzene rings is 4. The van der Waals surface area contributed by atoms with Crippen LogP contribution in [0.2, 0.25) is 0 Å². The van der Waals surface area contributed by atoms with Gasteiger partial charge in [0.1, 0.15) is 5.75 Å². The fourth-order valence-electron chi connectivity index (χ4n) is 4.38. The molecular weight excluding hydrogens is 492 g/mol. The lowest BCUT2D eigenvalue weighted by atomic mass is 9.98. The van der Waals surface area contributed by atoms with Crippen LogP contribution < -0.4 is 15.8 Å². The highest BCUT2D eigenvalue weighted by molar-refractivity contribution is 5.98. The number of carbonyl (C=O) groups is 1. The maximum atomic E-state index is 12.1. The lowest BCUT2D eigenvalue weighted by molar-refractivity contribution is 0.0602. The molecule has 1 aromatic heterocycles. The number of tetrazole rings is 1. The van der Waals surface area contributed by atoms with Gasteiger partial charge in [-0.05, 0) is 56.9 Å². The lowest BCUT2D eigenvalue weighted by Crippen LogP contribution is -2.10. The van der Waals surface area contributed by atoms with E-state index in [2.05, 4.69) is 39.0 Å². The van der Waals surface area contributed by atoms with Gasteiger partial charge in [0.25, 0.3) is 0 Å². The van der Waals surface area contributed by atoms with Crippen LogP contribution in [0, 0.1) is 0 Å². The van der Waals surface area contributed by atoms with Gasteiger partial charge in [-0.25, -0.2) is 9.48 Å². The van der Waals surface area contributed by atoms with Crippen molar-refractivity contribution in [1.29, 1.82) is 0 Å². The van der Waals surface area contributed by atoms with Gasteiger partial charge in [0.2, 0.25) is 0 Å². The average Bonchev–Trinajstić information content (AvgIpc) is 3.44. The monoisotopic (exact) mass is 520 g/mol. The third-order valence-electron chi connectivity index (χ3n) is 6.43. The van der Waals surface area contributed by atoms with Crippen LogP contribution in [0.5, 0.6) is 5.75 Å². The summed E-state index contributed by atoms with van der Waals surface area (Å²) in [7, 11) is 3.00. The van der Waals surface area contributed by atoms with E-state index in [0.29, 0.717) is 35.9 Å². The van der Waals surface area contributed by atoms with E-state index in [-0.39, 0.29) is 0 Å². The molecule has 0 spiro atoms. The number of rotatable bonds is 9. The summed E-state index contributed by atoms with van der Waals surface area (Å²) in [5, 5.41) is 15.8. The number of nitrogens with zero attached hydrogens (tertiary/aromatic N) is 4. The lowest BCUT2D eigenvalue weighted by Gasteiger charge is -2.14. The SMILES string of the molecule is COC(=O)c1cccc(N)c1NCc1ccc(-c2ccccc2-c2nnnn2Cc2ccc(OC)cc2)cc1. The third kappa shape index (κ3) is 5.57. The van der Waals surface area contributed by atoms with Gasteiger partial charge < -0.3 is 20.5 Å². The largest absolute Gasteiger partial charge is 0.497 e. The number of nitrogens with one attached hydrogen (secondary N) is 1. The second-order valence-electron chi connectivity index (χ2n) is 8.87. The van der Waals surface area contributed by atoms with E-state index in [4.69, 9.17) is 15.2 Å². The molecule has 0 aliphatic heterocycles. The molecular formula is C30H28N6O3. The Morgan fingerprint density at radius 2 is 1.59 bits per heavy atom. The number of hydrogen-bond donors (Lipinski definition) is 2. The smallest absolute Gasteiger partial charge is 0.340 e. The third-order valence-corrected chi connectivity index (χ3v) is 6.43. The van der Waals surface area contributed by atoms with Crippen LogP contribution in [-0.2, 0) is 17.8 Å². The fourth-order valence-corrected chi connectivity index (χ4v) is 4.38. The molecule has 0 aliphatic carbocycles. The molecule has 5 rings (SSSR count). The minimum absolute atomic E-state index is 0.399. The zero-order valence-corrected chi connectivity index (χ0v) is 21.7. The van der Waals surface area contributed by atoms with Gasteiger partial charge in [-0.2, -0.15) is 0 Å². The molecule has 39 heavy (non-hydrogen) atoms. The quantitative estimate of drug-likeness (QED) is 0.205. The second kappa shape index (κ2) is 11.5. The number of anilines is 2. The maximum Gasteiger partial charge on any atom is 0.340 e. The number of aromatic nitrogens is 4. The molecule has 0 saturated heterocycles. The standard InChI is InChI=1S/C30H28N6O3/c1-38-23-16-12-21(13-17-23)19-36-29(33-34-35-36)25-7-4-3-6-24(25)22-14-10-20(11-15-22)18-32-28-26(30(37)39-2)8-5-9-27(28)31/h3-17,32H,18-19,31H2,1-2H3. The molecule has 9 heteroatoms. The predicted octanol–water partition coefficient (Wildman–Crippen LogP) is 5.04. The summed E-state index contributed by atoms with van der Waals surface area (Å²) < 4.78 is 11.9. The Kier molecular flexibility index (Phi) is 7.49. The van der Waals surface area contributed by atoms with Crippen LogP contribution in [0.3, 0.4) is 0 Å². The number of para-hydroxylation sites is 1. The normalized spacial score (nSPS) is 10.7. The van der Waals surface area contributed by atoms with Gasteiger partial charge in [0.05, 0.1) is 37.7 Å². The molecule has 0 bridgehead atoms. The zero-order chi connectivity index (χ0) is 27.2. The van der Waals surface area contributed by atoms with E-state index in [0.717, 1.165) is 33.6 Å². The molecule has 9 nitrogen and oxygen atoms in total. The molecule has 0 radical (unpaired) electrons. The average molecular weight is 521 g/mol. The summed E-state index contributed by atoms with van der Waals surface area (Å²) in [6, 6.07) is 29.3. The van der Waals surface area contributed by atoms with Crippen LogP contribution >= 0.6 is 0 Å². The summed E-state index contributed by atoms with van der Waals surface area (Å²) >= 11 is 0. The number of ether oxygens (including phenoxy) is 2. The number of nitrogen functional groups attached to an aromatic ring is 1. The van der Waals surface area contributed by atoms with E-state index >= 15 is 0 Å². The predicted molar refractivity (Wildman–Crippen MR) is 150 cm³/mol. The zero-order valence-electron chi connectivity index (χ0n) is 21.7. The Hall–Kier alpha value is -5.18. The van der Waals surface area contributed by atoms with Crippen molar-refractivity contribution in [1.82, 2.24) is 20.2 Å². The van der Waals surface area contributed by atoms with Gasteiger partial charge in [0.15, 0.2) is 5.82 Å². The first kappa shape index (κ1) is 25.5. The van der Waals surface area contributed by atoms with Gasteiger partial charge in [-0.1, -0.05) is 66.7 Å². The number of hydrogen-bond acceptors (Lipinski definition) is 8. The maximum absolute atomic E-state index is 12.1. The van der Waals surface area contributed by atoms with E-state index in [9.17, 15) is 4.79 Å². The summed E-state index contributed by atoms with van der Waals surface area (Å²) in [5.41, 5.74) is 12.6. The Morgan fingerprint density at radius 1 is 0.872 bits per heavy atom. The summed E-state index contributed by atoms with van der Waals surface area (Å²) in [6.07, 6.45) is 0. The minimum atomic E-state index is -0.439. The molecule has 0 amide bonds. The molecule has 0 atom stereocenters. The van der Waals surface area contributed by atoms with Crippen LogP contribution in [0.1, 0.15) is 21.5 Å². The van der Waals surface area contributed by atoms with E-state index in [1.54, 1.807) is 30.0 Å². The Balaban J connectivity index is 1.36. The van der Waals surface area contributed by atoms with Gasteiger partial charge in [0, 0.05) is 12.1 Å². The van der Waals surface area contributed by atoms with Crippen molar-refractivity contribution in [3.63, 3.8) is 0 Å². The van der Waals surface area contributed by atoms with Crippen molar-refractivity contribution in [3.8, 4) is 28.3 Å². The highest BCUT2D eigenvalue weighted by Gasteiger charge is 2.16. The van der Waals surface area contributed by atoms with Crippen molar-refractivity contribution in [2.75, 3.05) is 25.3 Å². The first-order chi connectivity index (χ1) is 19.1. The van der Waals surface area contributed by atoms with Crippen molar-refractivity contribution in [2.24, 2.45) is 0 Å². The Labute approximate surface area is 226 Å². The summed E-state index contributed by atoms with van der Waals surface area (Å²) in [5.74, 6) is 1.05. The Bertz CT molecular complexity index is 1580. The van der Waals surface area contributed by atoms with Gasteiger partial charge in [-0.15, -0.1) is 5.10 Å². The van der Waals surface area contributed by atoms with E-state index < -0.39 is 5.97 Å². The first-order valence-corrected chi connectivity index (χ1v) is 12.4. The van der Waals surface area contributed by atoms with Crippen molar-refractivity contribution in [2.45, 2.75) is 13.1 Å². The molecule has 0 aliphatic rings. The van der Waals surface area contributed by atoms with Gasteiger partial charge >= 0.3 is 5.97 Å². The van der Waals surface area contributed by atoms with Crippen LogP contribution in [0.15, 0.2) is 91.0 Å². The molecule has 4 aromatic carbocycles. The minimum Gasteiger partial charge on any atom is -0.497 e. The van der Waals surface area contributed by atoms with Crippen molar-refractivity contribution < 1.29 is 14.3 Å². The number of nitrogens with two attached hydrogens (primary N) is 1. The Morgan fingerprint density at radius 3 is 2.31 bits per heavy atom. The van der Waals surface area contributed by atoms with Crippen molar-refractivity contribution >= 4 is 17.3 Å². The van der Waals surface area contributed by atoms with Crippen LogP contribution in [0.25, 0.3) is 22.5 Å². The number of methoxy groups -OCH3 is 2. The molecule has 196 valence electrons. The van der Waals surface area contributed by atoms with E-state index in [1.165, 1.54) is 7.11 Å². The molecule has 0 fully saturated rings. The molecule has 0 unspecified atom stereocenters. The summed E-state index contributed by atoms with van der Waals surface area (Å²) in [4.78, 5) is 12.1. The van der Waals surface area contributed by atoms with Crippen LogP contribution in [0.4, 0.5) is 11.4 Å². The van der Waals surface area contributed by atoms with Crippen LogP contribution in [-0.4, -0.2) is 40.4 Å². The molecule has 3 N–H and O–H groups in total. The number of esters is 1. The molecule has 5 aromatic rings. The fraction of sp³-hybridized carbons (Fsp3) is 0.133. The number of carbonyl (C=O) groups excluding carboxylic acids is 1. The highest BCUT2D eigenvalue weighted by Crippen LogP contribution is 2.31. The topological polar surface area (TPSA) is 117 Å². The molecule has 1 heterocycles. The molecule has 0 saturated carbocycles. The first-order valence-electron chi connectivity index (χ1n) is 12.4. The second-order valence-corrected chi connectivity index (χ2v) is 8.87. The summed E-state index contributed by atoms with van der Waals surface area (Å²) in [6.45, 7) is 1.02.